The van der Waals surface area contributed by atoms with E-state index in [4.69, 9.17) is 18.5 Å². The van der Waals surface area contributed by atoms with E-state index in [1.807, 2.05) is 0 Å². The van der Waals surface area contributed by atoms with Gasteiger partial charge in [0.2, 0.25) is 0 Å². The number of cyclic esters (lactones) is 1. The number of benzene rings is 1. The van der Waals surface area contributed by atoms with Crippen molar-refractivity contribution in [3.8, 4) is 0 Å². The molecule has 0 unspecified atom stereocenters. The van der Waals surface area contributed by atoms with E-state index in [0.717, 1.165) is 7.05 Å². The van der Waals surface area contributed by atoms with E-state index < -0.39 is 43.7 Å². The first-order chi connectivity index (χ1) is 14.1. The first-order valence-corrected chi connectivity index (χ1v) is 6.43. The third kappa shape index (κ3) is 3.19. The minimum atomic E-state index is -3.04. The monoisotopic (exact) mass is 297 g/mol. The van der Waals surface area contributed by atoms with Crippen molar-refractivity contribution in [1.82, 2.24) is 15.2 Å². The molecule has 0 aliphatic carbocycles. The summed E-state index contributed by atoms with van der Waals surface area (Å²) >= 11 is 0. The molecule has 2 heterocycles. The lowest BCUT2D eigenvalue weighted by atomic mass is 10.0. The minimum absolute atomic E-state index is 0.00311. The number of amides is 1. The predicted molar refractivity (Wildman–Crippen MR) is 82.5 cm³/mol. The zero-order valence-electron chi connectivity index (χ0n) is 21.4. The third-order valence-electron chi connectivity index (χ3n) is 3.13. The molecule has 2 N–H and O–H groups in total. The van der Waals surface area contributed by atoms with Crippen molar-refractivity contribution in [2.24, 2.45) is 0 Å². The number of aromatic amines is 1. The molecular weight excluding hydrogens is 266 g/mol. The Morgan fingerprint density at radius 1 is 1.67 bits per heavy atom. The molecule has 1 atom stereocenters. The summed E-state index contributed by atoms with van der Waals surface area (Å²) in [5.41, 5.74) is 0.240. The summed E-state index contributed by atoms with van der Waals surface area (Å²) in [6.45, 7) is -5.97. The van der Waals surface area contributed by atoms with Crippen LogP contribution in [-0.4, -0.2) is 49.1 Å². The second kappa shape index (κ2) is 5.77. The van der Waals surface area contributed by atoms with Gasteiger partial charge in [0, 0.05) is 33.2 Å². The second-order valence-corrected chi connectivity index (χ2v) is 4.81. The van der Waals surface area contributed by atoms with Gasteiger partial charge in [-0.3, -0.25) is 0 Å². The van der Waals surface area contributed by atoms with Gasteiger partial charge in [-0.1, -0.05) is 6.07 Å². The number of carbonyl (C=O) groups excluding carboxylic acids is 1. The third-order valence-corrected chi connectivity index (χ3v) is 3.13. The van der Waals surface area contributed by atoms with Crippen LogP contribution in [0.5, 0.6) is 0 Å². The smallest absolute Gasteiger partial charge is 0.407 e. The quantitative estimate of drug-likeness (QED) is 0.886. The Hall–Kier alpha value is -2.01. The molecule has 1 fully saturated rings. The summed E-state index contributed by atoms with van der Waals surface area (Å²) in [5.74, 6) is 0. The Morgan fingerprint density at radius 2 is 2.57 bits per heavy atom. The molecule has 1 aromatic carbocycles. The number of carbonyl (C=O) groups is 1. The fourth-order valence-corrected chi connectivity index (χ4v) is 2.19. The maximum absolute atomic E-state index is 11.4. The molecule has 1 aliphatic rings. The van der Waals surface area contributed by atoms with Crippen molar-refractivity contribution in [3.05, 3.63) is 35.5 Å². The molecule has 2 aromatic rings. The zero-order chi connectivity index (χ0) is 23.5. The number of rotatable bonds is 5. The first-order valence-electron chi connectivity index (χ1n) is 11.3. The highest BCUT2D eigenvalue weighted by atomic mass is 16.6. The maximum atomic E-state index is 11.4. The van der Waals surface area contributed by atoms with Crippen molar-refractivity contribution < 1.29 is 23.3 Å². The van der Waals surface area contributed by atoms with Gasteiger partial charge in [-0.2, -0.15) is 0 Å². The van der Waals surface area contributed by atoms with E-state index in [0.29, 0.717) is 15.9 Å². The van der Waals surface area contributed by atoms with Gasteiger partial charge in [0.05, 0.1) is 7.41 Å². The zero-order valence-corrected chi connectivity index (χ0v) is 11.4. The molecule has 1 aliphatic heterocycles. The van der Waals surface area contributed by atoms with Crippen LogP contribution in [0.25, 0.3) is 10.9 Å². The number of hydrogen-bond acceptors (Lipinski definition) is 3. The number of aromatic nitrogens is 1. The number of alkyl carbamates (subject to hydrolysis) is 1. The molecule has 0 spiro atoms. The normalized spacial score (nSPS) is 27.6. The van der Waals surface area contributed by atoms with Gasteiger partial charge in [0.1, 0.15) is 6.61 Å². The van der Waals surface area contributed by atoms with E-state index in [1.54, 1.807) is 6.07 Å². The number of nitrogens with zero attached hydrogens (tertiary/aromatic N) is 1. The number of aryl methyl sites for hydroxylation is 1. The van der Waals surface area contributed by atoms with Crippen molar-refractivity contribution >= 4 is 17.0 Å². The summed E-state index contributed by atoms with van der Waals surface area (Å²) in [6, 6.07) is 3.95. The highest BCUT2D eigenvalue weighted by molar-refractivity contribution is 5.84. The van der Waals surface area contributed by atoms with Crippen LogP contribution < -0.4 is 5.31 Å². The van der Waals surface area contributed by atoms with Crippen molar-refractivity contribution in [3.63, 3.8) is 0 Å². The van der Waals surface area contributed by atoms with Gasteiger partial charge < -0.3 is 19.9 Å². The Balaban J connectivity index is 2.11. The van der Waals surface area contributed by atoms with Crippen LogP contribution >= 0.6 is 0 Å². The van der Waals surface area contributed by atoms with Crippen molar-refractivity contribution in [2.45, 2.75) is 18.8 Å². The topological polar surface area (TPSA) is 57.4 Å². The molecule has 21 heavy (non-hydrogen) atoms. The average molecular weight is 297 g/mol. The van der Waals surface area contributed by atoms with E-state index in [-0.39, 0.29) is 28.8 Å². The molecule has 5 heteroatoms. The molecule has 3 rings (SSSR count). The Labute approximate surface area is 138 Å². The molecule has 1 amide bonds. The highest BCUT2D eigenvalue weighted by Crippen LogP contribution is 2.21. The molecule has 0 saturated carbocycles. The lowest BCUT2D eigenvalue weighted by molar-refractivity contribution is 0.177. The molecule has 1 aromatic heterocycles. The molecular formula is C16H21N3O2. The Kier molecular flexibility index (Phi) is 1.76. The van der Waals surface area contributed by atoms with Crippen molar-refractivity contribution in [1.29, 1.82) is 0 Å². The largest absolute Gasteiger partial charge is 0.447 e. The molecule has 5 nitrogen and oxygen atoms in total. The Morgan fingerprint density at radius 3 is 3.33 bits per heavy atom. The summed E-state index contributed by atoms with van der Waals surface area (Å²) in [4.78, 5) is 12.3. The van der Waals surface area contributed by atoms with Crippen LogP contribution in [0.3, 0.4) is 0 Å². The fourth-order valence-electron chi connectivity index (χ4n) is 2.19. The van der Waals surface area contributed by atoms with Crippen LogP contribution in [0.4, 0.5) is 4.79 Å². The van der Waals surface area contributed by atoms with Gasteiger partial charge >= 0.3 is 6.09 Å². The number of nitrogens with one attached hydrogen (secondary N) is 2. The van der Waals surface area contributed by atoms with Gasteiger partial charge in [0.25, 0.3) is 0 Å². The predicted octanol–water partition coefficient (Wildman–Crippen LogP) is 1.92. The number of likely N-dealkylation sites (N-methyl/N-ethyl adjacent to an activating group) is 1. The maximum Gasteiger partial charge on any atom is 0.407 e. The van der Waals surface area contributed by atoms with E-state index in [2.05, 4.69) is 0 Å². The van der Waals surface area contributed by atoms with E-state index in [9.17, 15) is 4.79 Å². The van der Waals surface area contributed by atoms with Gasteiger partial charge in [-0.25, -0.2) is 4.79 Å². The summed E-state index contributed by atoms with van der Waals surface area (Å²) < 4.78 is 84.5. The number of fused-ring (bicyclic) bond motifs is 1. The van der Waals surface area contributed by atoms with Crippen LogP contribution in [0, 0.1) is 0 Å². The number of hydrogen-bond donors (Lipinski definition) is 2. The molecule has 0 bridgehead atoms. The molecule has 0 radical (unpaired) electrons. The van der Waals surface area contributed by atoms with Gasteiger partial charge in [-0.05, 0) is 50.1 Å². The second-order valence-electron chi connectivity index (χ2n) is 4.81. The molecule has 1 saturated heterocycles. The minimum Gasteiger partial charge on any atom is -0.447 e. The van der Waals surface area contributed by atoms with E-state index >= 15 is 0 Å². The first kappa shape index (κ1) is 6.40. The summed E-state index contributed by atoms with van der Waals surface area (Å²) in [6.07, 6.45) is -4.17. The van der Waals surface area contributed by atoms with Crippen LogP contribution in [-0.2, 0) is 17.5 Å². The van der Waals surface area contributed by atoms with E-state index in [1.165, 1.54) is 12.1 Å². The SMILES string of the molecule is [2H]c1c(C([2H])([2H])C([2H])([2H])N(C)C([2H])([2H])[2H])c2cc(C[C@H]3COC(=O)N3[2H])ccc2n1[2H]. The van der Waals surface area contributed by atoms with Gasteiger partial charge in [0.15, 0.2) is 2.82 Å². The Bertz CT molecular complexity index is 1020. The highest BCUT2D eigenvalue weighted by Gasteiger charge is 2.22. The fraction of sp³-hybridized carbons (Fsp3) is 0.438. The lowest BCUT2D eigenvalue weighted by Gasteiger charge is -2.09. The van der Waals surface area contributed by atoms with Gasteiger partial charge in [-0.15, -0.1) is 0 Å². The standard InChI is InChI=1S/C16H21N3O2/c1-19(2)6-5-12-9-17-15-4-3-11(8-14(12)15)7-13-10-21-16(20)18-13/h3-4,8-9,13,17H,5-7,10H2,1-2H3,(H,18,20)/t13-/m0/s1/i1D3,5D2,6D2,9D/hD2. The molecule has 112 valence electrons. The lowest BCUT2D eigenvalue weighted by Crippen LogP contribution is -2.28. The number of ether oxygens (including phenoxy) is 1. The van der Waals surface area contributed by atoms with Crippen molar-refractivity contribution in [2.75, 3.05) is 27.1 Å². The van der Waals surface area contributed by atoms with Crippen LogP contribution in [0.15, 0.2) is 24.4 Å². The number of H-pyrrole nitrogens is 1. The van der Waals surface area contributed by atoms with Crippen LogP contribution in [0.1, 0.15) is 22.1 Å². The average Bonchev–Trinajstić information content (AvgIpc) is 3.11. The van der Waals surface area contributed by atoms with Crippen LogP contribution in [0.2, 0.25) is 2.82 Å². The summed E-state index contributed by atoms with van der Waals surface area (Å²) in [7, 11) is 0.930. The summed E-state index contributed by atoms with van der Waals surface area (Å²) in [5, 5.41) is 0.770.